The Labute approximate surface area is 121 Å². The van der Waals surface area contributed by atoms with Crippen LogP contribution in [0.1, 0.15) is 57.3 Å². The SMILES string of the molecule is CCCCC(=O)N(NC(=O)c1ccccc1)C(C)(C)C. The van der Waals surface area contributed by atoms with Gasteiger partial charge in [0.25, 0.3) is 5.91 Å². The molecule has 0 aliphatic heterocycles. The lowest BCUT2D eigenvalue weighted by Gasteiger charge is -2.35. The first-order valence-electron chi connectivity index (χ1n) is 7.05. The molecular weight excluding hydrogens is 252 g/mol. The molecule has 4 nitrogen and oxygen atoms in total. The summed E-state index contributed by atoms with van der Waals surface area (Å²) in [6.07, 6.45) is 2.23. The third kappa shape index (κ3) is 4.68. The molecule has 1 aromatic carbocycles. The minimum absolute atomic E-state index is 0.0522. The first kappa shape index (κ1) is 16.2. The molecule has 1 aromatic rings. The van der Waals surface area contributed by atoms with Crippen molar-refractivity contribution < 1.29 is 9.59 Å². The topological polar surface area (TPSA) is 49.4 Å². The van der Waals surface area contributed by atoms with E-state index in [0.717, 1.165) is 12.8 Å². The zero-order valence-corrected chi connectivity index (χ0v) is 12.8. The molecule has 4 heteroatoms. The van der Waals surface area contributed by atoms with E-state index in [1.807, 2.05) is 33.8 Å². The van der Waals surface area contributed by atoms with E-state index in [1.165, 1.54) is 5.01 Å². The van der Waals surface area contributed by atoms with Crippen molar-refractivity contribution in [1.82, 2.24) is 10.4 Å². The van der Waals surface area contributed by atoms with Crippen LogP contribution in [0.5, 0.6) is 0 Å². The second-order valence-electron chi connectivity index (χ2n) is 5.81. The second-order valence-corrected chi connectivity index (χ2v) is 5.81. The Balaban J connectivity index is 2.80. The van der Waals surface area contributed by atoms with Gasteiger partial charge in [-0.05, 0) is 39.3 Å². The van der Waals surface area contributed by atoms with Crippen molar-refractivity contribution in [3.05, 3.63) is 35.9 Å². The van der Waals surface area contributed by atoms with Crippen LogP contribution in [0.25, 0.3) is 0 Å². The molecule has 1 N–H and O–H groups in total. The predicted molar refractivity (Wildman–Crippen MR) is 80.0 cm³/mol. The summed E-state index contributed by atoms with van der Waals surface area (Å²) < 4.78 is 0. The molecule has 1 rings (SSSR count). The molecule has 0 aliphatic rings. The molecule has 0 atom stereocenters. The summed E-state index contributed by atoms with van der Waals surface area (Å²) >= 11 is 0. The maximum Gasteiger partial charge on any atom is 0.269 e. The highest BCUT2D eigenvalue weighted by atomic mass is 16.2. The number of amides is 2. The van der Waals surface area contributed by atoms with Crippen LogP contribution < -0.4 is 5.43 Å². The van der Waals surface area contributed by atoms with Crippen LogP contribution in [0.2, 0.25) is 0 Å². The molecule has 0 fully saturated rings. The first-order valence-corrected chi connectivity index (χ1v) is 7.05. The Morgan fingerprint density at radius 2 is 1.75 bits per heavy atom. The Kier molecular flexibility index (Phi) is 5.74. The van der Waals surface area contributed by atoms with Crippen LogP contribution >= 0.6 is 0 Å². The Morgan fingerprint density at radius 1 is 1.15 bits per heavy atom. The molecule has 0 radical (unpaired) electrons. The van der Waals surface area contributed by atoms with E-state index in [9.17, 15) is 9.59 Å². The summed E-state index contributed by atoms with van der Waals surface area (Å²) in [4.78, 5) is 24.4. The molecular formula is C16H24N2O2. The van der Waals surface area contributed by atoms with E-state index >= 15 is 0 Å². The van der Waals surface area contributed by atoms with Crippen LogP contribution in [-0.4, -0.2) is 22.4 Å². The number of benzene rings is 1. The zero-order valence-electron chi connectivity index (χ0n) is 12.8. The molecule has 0 bridgehead atoms. The summed E-state index contributed by atoms with van der Waals surface area (Å²) in [5.74, 6) is -0.311. The van der Waals surface area contributed by atoms with Crippen molar-refractivity contribution in [1.29, 1.82) is 0 Å². The lowest BCUT2D eigenvalue weighted by molar-refractivity contribution is -0.139. The fourth-order valence-electron chi connectivity index (χ4n) is 1.80. The third-order valence-electron chi connectivity index (χ3n) is 2.91. The lowest BCUT2D eigenvalue weighted by Crippen LogP contribution is -2.55. The van der Waals surface area contributed by atoms with Crippen LogP contribution in [0.15, 0.2) is 30.3 Å². The molecule has 0 saturated carbocycles. The third-order valence-corrected chi connectivity index (χ3v) is 2.91. The Morgan fingerprint density at radius 3 is 2.25 bits per heavy atom. The first-order chi connectivity index (χ1) is 9.36. The van der Waals surface area contributed by atoms with Gasteiger partial charge in [0.05, 0.1) is 5.54 Å². The highest BCUT2D eigenvalue weighted by molar-refractivity contribution is 5.95. The number of carbonyl (C=O) groups excluding carboxylic acids is 2. The number of carbonyl (C=O) groups is 2. The van der Waals surface area contributed by atoms with Crippen LogP contribution in [0.3, 0.4) is 0 Å². The number of nitrogens with one attached hydrogen (secondary N) is 1. The van der Waals surface area contributed by atoms with Crippen LogP contribution in [-0.2, 0) is 4.79 Å². The molecule has 0 saturated heterocycles. The van der Waals surface area contributed by atoms with Gasteiger partial charge >= 0.3 is 0 Å². The quantitative estimate of drug-likeness (QED) is 0.859. The lowest BCUT2D eigenvalue weighted by atomic mass is 10.1. The number of hydrazine groups is 1. The maximum absolute atomic E-state index is 12.2. The molecule has 0 aliphatic carbocycles. The fraction of sp³-hybridized carbons (Fsp3) is 0.500. The second kappa shape index (κ2) is 7.08. The zero-order chi connectivity index (χ0) is 15.2. The summed E-state index contributed by atoms with van der Waals surface area (Å²) in [5.41, 5.74) is 2.82. The van der Waals surface area contributed by atoms with Gasteiger partial charge in [0.2, 0.25) is 5.91 Å². The minimum Gasteiger partial charge on any atom is -0.273 e. The number of rotatable bonds is 4. The van der Waals surface area contributed by atoms with E-state index in [0.29, 0.717) is 12.0 Å². The van der Waals surface area contributed by atoms with Gasteiger partial charge in [-0.25, -0.2) is 5.01 Å². The van der Waals surface area contributed by atoms with Gasteiger partial charge in [0, 0.05) is 12.0 Å². The molecule has 2 amide bonds. The van der Waals surface area contributed by atoms with Gasteiger partial charge in [0.15, 0.2) is 0 Å². The van der Waals surface area contributed by atoms with E-state index < -0.39 is 5.54 Å². The number of hydrogen-bond acceptors (Lipinski definition) is 2. The molecule has 0 unspecified atom stereocenters. The predicted octanol–water partition coefficient (Wildman–Crippen LogP) is 3.15. The highest BCUT2D eigenvalue weighted by Gasteiger charge is 2.28. The van der Waals surface area contributed by atoms with E-state index in [4.69, 9.17) is 0 Å². The van der Waals surface area contributed by atoms with Crippen LogP contribution in [0.4, 0.5) is 0 Å². The number of nitrogens with zero attached hydrogens (tertiary/aromatic N) is 1. The van der Waals surface area contributed by atoms with Crippen molar-refractivity contribution >= 4 is 11.8 Å². The number of unbranched alkanes of at least 4 members (excludes halogenated alkanes) is 1. The van der Waals surface area contributed by atoms with E-state index in [-0.39, 0.29) is 11.8 Å². The summed E-state index contributed by atoms with van der Waals surface area (Å²) in [7, 11) is 0. The van der Waals surface area contributed by atoms with Gasteiger partial charge in [-0.3, -0.25) is 15.0 Å². The van der Waals surface area contributed by atoms with Gasteiger partial charge in [-0.2, -0.15) is 0 Å². The molecule has 0 aromatic heterocycles. The molecule has 20 heavy (non-hydrogen) atoms. The standard InChI is InChI=1S/C16H24N2O2/c1-5-6-12-14(19)18(16(2,3)4)17-15(20)13-10-8-7-9-11-13/h7-11H,5-6,12H2,1-4H3,(H,17,20). The fourth-order valence-corrected chi connectivity index (χ4v) is 1.80. The minimum atomic E-state index is -0.449. The average Bonchev–Trinajstić information content (AvgIpc) is 2.41. The number of hydrogen-bond donors (Lipinski definition) is 1. The molecule has 110 valence electrons. The van der Waals surface area contributed by atoms with Crippen LogP contribution in [0, 0.1) is 0 Å². The van der Waals surface area contributed by atoms with E-state index in [2.05, 4.69) is 5.43 Å². The molecule has 0 spiro atoms. The Hall–Kier alpha value is -1.84. The van der Waals surface area contributed by atoms with Gasteiger partial charge in [-0.15, -0.1) is 0 Å². The largest absolute Gasteiger partial charge is 0.273 e. The van der Waals surface area contributed by atoms with Crippen molar-refractivity contribution in [3.8, 4) is 0 Å². The van der Waals surface area contributed by atoms with Crippen molar-refractivity contribution in [2.24, 2.45) is 0 Å². The van der Waals surface area contributed by atoms with Crippen molar-refractivity contribution in [3.63, 3.8) is 0 Å². The summed E-state index contributed by atoms with van der Waals surface area (Å²) in [6, 6.07) is 8.91. The summed E-state index contributed by atoms with van der Waals surface area (Å²) in [5, 5.41) is 1.44. The monoisotopic (exact) mass is 276 g/mol. The highest BCUT2D eigenvalue weighted by Crippen LogP contribution is 2.14. The Bertz CT molecular complexity index is 449. The average molecular weight is 276 g/mol. The van der Waals surface area contributed by atoms with E-state index in [1.54, 1.807) is 24.3 Å². The molecule has 0 heterocycles. The van der Waals surface area contributed by atoms with Crippen molar-refractivity contribution in [2.45, 2.75) is 52.5 Å². The van der Waals surface area contributed by atoms with Gasteiger partial charge in [-0.1, -0.05) is 31.5 Å². The maximum atomic E-state index is 12.2. The summed E-state index contributed by atoms with van der Waals surface area (Å²) in [6.45, 7) is 7.75. The smallest absolute Gasteiger partial charge is 0.269 e. The van der Waals surface area contributed by atoms with Gasteiger partial charge in [0.1, 0.15) is 0 Å². The van der Waals surface area contributed by atoms with Crippen molar-refractivity contribution in [2.75, 3.05) is 0 Å². The van der Waals surface area contributed by atoms with Gasteiger partial charge < -0.3 is 0 Å². The normalized spacial score (nSPS) is 11.0.